The summed E-state index contributed by atoms with van der Waals surface area (Å²) in [6.45, 7) is 2.99. The van der Waals surface area contributed by atoms with Crippen molar-refractivity contribution in [2.75, 3.05) is 34.3 Å². The molecular weight excluding hydrogens is 280 g/mol. The lowest BCUT2D eigenvalue weighted by Gasteiger charge is -2.12. The molecule has 1 aromatic carbocycles. The molecule has 1 aromatic rings. The van der Waals surface area contributed by atoms with E-state index in [1.54, 1.807) is 7.11 Å². The quantitative estimate of drug-likeness (QED) is 0.783. The maximum atomic E-state index is 5.34. The third-order valence-corrected chi connectivity index (χ3v) is 3.02. The predicted molar refractivity (Wildman–Crippen MR) is 75.6 cm³/mol. The number of ether oxygens (including phenoxy) is 1. The van der Waals surface area contributed by atoms with Crippen molar-refractivity contribution in [3.63, 3.8) is 0 Å². The van der Waals surface area contributed by atoms with E-state index in [0.29, 0.717) is 0 Å². The van der Waals surface area contributed by atoms with Crippen LogP contribution >= 0.6 is 15.9 Å². The van der Waals surface area contributed by atoms with Crippen LogP contribution in [0.15, 0.2) is 22.7 Å². The van der Waals surface area contributed by atoms with Crippen LogP contribution in [0.25, 0.3) is 0 Å². The first-order valence-corrected chi connectivity index (χ1v) is 6.60. The van der Waals surface area contributed by atoms with Crippen molar-refractivity contribution in [3.8, 4) is 5.75 Å². The molecule has 96 valence electrons. The minimum absolute atomic E-state index is 0.851. The zero-order valence-corrected chi connectivity index (χ0v) is 12.4. The molecule has 0 aliphatic carbocycles. The highest BCUT2D eigenvalue weighted by atomic mass is 79.9. The number of nitrogens with zero attached hydrogens (tertiary/aromatic N) is 1. The maximum Gasteiger partial charge on any atom is 0.124 e. The summed E-state index contributed by atoms with van der Waals surface area (Å²) in [6.07, 6.45) is 1.16. The van der Waals surface area contributed by atoms with Crippen LogP contribution in [0.4, 0.5) is 0 Å². The Morgan fingerprint density at radius 2 is 2.12 bits per heavy atom. The van der Waals surface area contributed by atoms with Crippen LogP contribution in [0.5, 0.6) is 5.75 Å². The van der Waals surface area contributed by atoms with Gasteiger partial charge in [0.25, 0.3) is 0 Å². The third kappa shape index (κ3) is 5.52. The molecule has 17 heavy (non-hydrogen) atoms. The summed E-state index contributed by atoms with van der Waals surface area (Å²) in [5.41, 5.74) is 1.19. The minimum atomic E-state index is 0.851. The van der Waals surface area contributed by atoms with Gasteiger partial charge >= 0.3 is 0 Å². The molecule has 0 fully saturated rings. The van der Waals surface area contributed by atoms with Crippen LogP contribution in [0, 0.1) is 0 Å². The fraction of sp³-hybridized carbons (Fsp3) is 0.538. The van der Waals surface area contributed by atoms with E-state index in [1.165, 1.54) is 5.56 Å². The molecule has 0 bridgehead atoms. The van der Waals surface area contributed by atoms with E-state index in [4.69, 9.17) is 4.74 Å². The molecule has 0 saturated heterocycles. The normalized spacial score (nSPS) is 10.9. The molecule has 0 heterocycles. The highest BCUT2D eigenvalue weighted by molar-refractivity contribution is 9.10. The topological polar surface area (TPSA) is 24.5 Å². The van der Waals surface area contributed by atoms with E-state index in [9.17, 15) is 0 Å². The van der Waals surface area contributed by atoms with Crippen molar-refractivity contribution in [3.05, 3.63) is 28.2 Å². The summed E-state index contributed by atoms with van der Waals surface area (Å²) in [4.78, 5) is 2.20. The van der Waals surface area contributed by atoms with Gasteiger partial charge in [0.05, 0.1) is 7.11 Å². The minimum Gasteiger partial charge on any atom is -0.496 e. The lowest BCUT2D eigenvalue weighted by atomic mass is 10.2. The molecule has 0 amide bonds. The van der Waals surface area contributed by atoms with Crippen molar-refractivity contribution >= 4 is 15.9 Å². The van der Waals surface area contributed by atoms with Crippen molar-refractivity contribution < 1.29 is 4.74 Å². The Labute approximate surface area is 112 Å². The Hall–Kier alpha value is -0.580. The molecule has 0 aliphatic heterocycles. The molecule has 4 heteroatoms. The van der Waals surface area contributed by atoms with E-state index >= 15 is 0 Å². The van der Waals surface area contributed by atoms with E-state index in [0.717, 1.165) is 36.3 Å². The van der Waals surface area contributed by atoms with Gasteiger partial charge in [-0.3, -0.25) is 0 Å². The van der Waals surface area contributed by atoms with E-state index < -0.39 is 0 Å². The first-order chi connectivity index (χ1) is 8.13. The molecule has 0 atom stereocenters. The van der Waals surface area contributed by atoms with Crippen LogP contribution in [-0.2, 0) is 6.54 Å². The highest BCUT2D eigenvalue weighted by Gasteiger charge is 2.02. The van der Waals surface area contributed by atoms with Crippen LogP contribution in [0.1, 0.15) is 12.0 Å². The third-order valence-electron chi connectivity index (χ3n) is 2.52. The standard InChI is InChI=1S/C13H21BrN2O/c1-16(2)8-4-7-15-10-11-5-6-12(14)9-13(11)17-3/h5-6,9,15H,4,7-8,10H2,1-3H3. The van der Waals surface area contributed by atoms with Crippen molar-refractivity contribution in [1.29, 1.82) is 0 Å². The molecule has 0 aliphatic rings. The molecule has 3 nitrogen and oxygen atoms in total. The average Bonchev–Trinajstić information content (AvgIpc) is 2.29. The second-order valence-corrected chi connectivity index (χ2v) is 5.21. The summed E-state index contributed by atoms with van der Waals surface area (Å²) in [6, 6.07) is 6.12. The van der Waals surface area contributed by atoms with Gasteiger partial charge in [0.2, 0.25) is 0 Å². The average molecular weight is 301 g/mol. The molecule has 0 aromatic heterocycles. The highest BCUT2D eigenvalue weighted by Crippen LogP contribution is 2.23. The fourth-order valence-electron chi connectivity index (χ4n) is 1.61. The van der Waals surface area contributed by atoms with Gasteiger partial charge in [0.15, 0.2) is 0 Å². The number of halogens is 1. The van der Waals surface area contributed by atoms with Gasteiger partial charge < -0.3 is 15.0 Å². The molecule has 0 spiro atoms. The zero-order valence-electron chi connectivity index (χ0n) is 10.8. The Balaban J connectivity index is 2.36. The van der Waals surface area contributed by atoms with E-state index in [-0.39, 0.29) is 0 Å². The lowest BCUT2D eigenvalue weighted by Crippen LogP contribution is -2.21. The van der Waals surface area contributed by atoms with Gasteiger partial charge in [-0.15, -0.1) is 0 Å². The molecule has 1 N–H and O–H groups in total. The van der Waals surface area contributed by atoms with Crippen LogP contribution < -0.4 is 10.1 Å². The van der Waals surface area contributed by atoms with Gasteiger partial charge in [0, 0.05) is 16.6 Å². The molecule has 0 unspecified atom stereocenters. The Morgan fingerprint density at radius 3 is 2.76 bits per heavy atom. The monoisotopic (exact) mass is 300 g/mol. The molecule has 1 rings (SSSR count). The second kappa shape index (κ2) is 7.69. The first kappa shape index (κ1) is 14.5. The number of rotatable bonds is 7. The Bertz CT molecular complexity index is 342. The summed E-state index contributed by atoms with van der Waals surface area (Å²) < 4.78 is 6.39. The van der Waals surface area contributed by atoms with Gasteiger partial charge in [-0.2, -0.15) is 0 Å². The van der Waals surface area contributed by atoms with Crippen molar-refractivity contribution in [2.24, 2.45) is 0 Å². The smallest absolute Gasteiger partial charge is 0.124 e. The second-order valence-electron chi connectivity index (χ2n) is 4.29. The summed E-state index contributed by atoms with van der Waals surface area (Å²) in [5, 5.41) is 3.43. The van der Waals surface area contributed by atoms with Crippen molar-refractivity contribution in [1.82, 2.24) is 10.2 Å². The van der Waals surface area contributed by atoms with Gasteiger partial charge in [-0.1, -0.05) is 22.0 Å². The van der Waals surface area contributed by atoms with E-state index in [1.807, 2.05) is 12.1 Å². The lowest BCUT2D eigenvalue weighted by molar-refractivity contribution is 0.391. The Kier molecular flexibility index (Phi) is 6.55. The largest absolute Gasteiger partial charge is 0.496 e. The molecule has 0 radical (unpaired) electrons. The van der Waals surface area contributed by atoms with Gasteiger partial charge in [-0.05, 0) is 45.7 Å². The van der Waals surface area contributed by atoms with Crippen LogP contribution in [0.3, 0.4) is 0 Å². The van der Waals surface area contributed by atoms with Crippen LogP contribution in [0.2, 0.25) is 0 Å². The maximum absolute atomic E-state index is 5.34. The van der Waals surface area contributed by atoms with Crippen molar-refractivity contribution in [2.45, 2.75) is 13.0 Å². The summed E-state index contributed by atoms with van der Waals surface area (Å²) in [5.74, 6) is 0.930. The van der Waals surface area contributed by atoms with Gasteiger partial charge in [0.1, 0.15) is 5.75 Å². The number of benzene rings is 1. The van der Waals surface area contributed by atoms with E-state index in [2.05, 4.69) is 46.3 Å². The Morgan fingerprint density at radius 1 is 1.35 bits per heavy atom. The molecular formula is C13H21BrN2O. The number of nitrogens with one attached hydrogen (secondary N) is 1. The summed E-state index contributed by atoms with van der Waals surface area (Å²) in [7, 11) is 5.90. The first-order valence-electron chi connectivity index (χ1n) is 5.81. The van der Waals surface area contributed by atoms with Gasteiger partial charge in [-0.25, -0.2) is 0 Å². The number of hydrogen-bond donors (Lipinski definition) is 1. The molecule has 0 saturated carbocycles. The number of methoxy groups -OCH3 is 1. The van der Waals surface area contributed by atoms with Crippen LogP contribution in [-0.4, -0.2) is 39.2 Å². The zero-order chi connectivity index (χ0) is 12.7. The SMILES string of the molecule is COc1cc(Br)ccc1CNCCCN(C)C. The predicted octanol–water partition coefficient (Wildman–Crippen LogP) is 2.50. The fourth-order valence-corrected chi connectivity index (χ4v) is 1.95. The number of hydrogen-bond acceptors (Lipinski definition) is 3. The summed E-state index contributed by atoms with van der Waals surface area (Å²) >= 11 is 3.44.